The number of nitrogens with zero attached hydrogens (tertiary/aromatic N) is 2. The molecule has 138 valence electrons. The molecule has 2 atom stereocenters. The zero-order chi connectivity index (χ0) is 19.8. The maximum absolute atomic E-state index is 12.5. The van der Waals surface area contributed by atoms with Crippen molar-refractivity contribution in [3.63, 3.8) is 0 Å². The molecule has 1 aromatic carbocycles. The number of non-ortho nitro benzene ring substituents is 1. The van der Waals surface area contributed by atoms with Crippen LogP contribution in [0.25, 0.3) is 0 Å². The first-order valence-corrected chi connectivity index (χ1v) is 8.82. The lowest BCUT2D eigenvalue weighted by molar-refractivity contribution is -0.384. The van der Waals surface area contributed by atoms with Gasteiger partial charge in [-0.2, -0.15) is 0 Å². The first-order chi connectivity index (χ1) is 12.0. The monoisotopic (exact) mass is 416 g/mol. The molecule has 1 aliphatic rings. The lowest BCUT2D eigenvalue weighted by Crippen LogP contribution is -2.49. The molecule has 1 amide bonds. The Morgan fingerprint density at radius 2 is 1.85 bits per heavy atom. The van der Waals surface area contributed by atoms with Crippen LogP contribution in [0.4, 0.5) is 5.69 Å². The molecule has 0 radical (unpaired) electrons. The Morgan fingerprint density at radius 1 is 1.31 bits per heavy atom. The summed E-state index contributed by atoms with van der Waals surface area (Å²) in [6.07, 6.45) is 0. The third-order valence-electron chi connectivity index (χ3n) is 4.00. The highest BCUT2D eigenvalue weighted by Gasteiger charge is 2.49. The molecule has 0 aromatic heterocycles. The van der Waals surface area contributed by atoms with Gasteiger partial charge in [-0.25, -0.2) is 4.99 Å². The van der Waals surface area contributed by atoms with Crippen LogP contribution in [0, 0.1) is 16.0 Å². The first-order valence-electron chi connectivity index (χ1n) is 7.63. The van der Waals surface area contributed by atoms with Crippen molar-refractivity contribution >= 4 is 57.9 Å². The molecule has 9 heteroatoms. The van der Waals surface area contributed by atoms with Gasteiger partial charge in [-0.05, 0) is 25.0 Å². The molecule has 26 heavy (non-hydrogen) atoms. The summed E-state index contributed by atoms with van der Waals surface area (Å²) in [6.45, 7) is 4.99. The second-order valence-electron chi connectivity index (χ2n) is 6.26. The van der Waals surface area contributed by atoms with Gasteiger partial charge >= 0.3 is 0 Å². The number of benzene rings is 1. The van der Waals surface area contributed by atoms with E-state index in [-0.39, 0.29) is 27.9 Å². The van der Waals surface area contributed by atoms with Crippen LogP contribution in [-0.4, -0.2) is 32.6 Å². The average Bonchev–Trinajstić information content (AvgIpc) is 2.58. The molecular formula is C17H15Cl3N2O4. The van der Waals surface area contributed by atoms with E-state index in [1.165, 1.54) is 31.2 Å². The molecule has 0 aliphatic heterocycles. The number of hydrogen-bond acceptors (Lipinski definition) is 4. The lowest BCUT2D eigenvalue weighted by Gasteiger charge is -2.34. The maximum Gasteiger partial charge on any atom is 0.277 e. The van der Waals surface area contributed by atoms with Crippen LogP contribution in [0.2, 0.25) is 0 Å². The Balaban J connectivity index is 2.53. The fourth-order valence-corrected chi connectivity index (χ4v) is 3.55. The van der Waals surface area contributed by atoms with E-state index in [4.69, 9.17) is 34.8 Å². The van der Waals surface area contributed by atoms with E-state index < -0.39 is 26.9 Å². The number of alkyl halides is 2. The summed E-state index contributed by atoms with van der Waals surface area (Å²) in [5.74, 6) is -1.40. The topological polar surface area (TPSA) is 89.6 Å². The van der Waals surface area contributed by atoms with Crippen molar-refractivity contribution in [3.8, 4) is 0 Å². The predicted octanol–water partition coefficient (Wildman–Crippen LogP) is 4.51. The molecular weight excluding hydrogens is 403 g/mol. The number of amides is 1. The predicted molar refractivity (Wildman–Crippen MR) is 101 cm³/mol. The molecule has 0 spiro atoms. The number of Topliss-reactive ketones (excluding diaryl/α,β-unsaturated/α-hetero) is 1. The third-order valence-corrected chi connectivity index (χ3v) is 5.52. The number of hydrogen-bond donors (Lipinski definition) is 0. The van der Waals surface area contributed by atoms with Gasteiger partial charge in [0.2, 0.25) is 0 Å². The van der Waals surface area contributed by atoms with Crippen molar-refractivity contribution in [2.45, 2.75) is 31.0 Å². The van der Waals surface area contributed by atoms with Crippen LogP contribution in [0.3, 0.4) is 0 Å². The number of allylic oxidation sites excluding steroid dienone is 2. The zero-order valence-electron chi connectivity index (χ0n) is 14.1. The smallest absolute Gasteiger partial charge is 0.277 e. The third kappa shape index (κ3) is 3.68. The summed E-state index contributed by atoms with van der Waals surface area (Å²) in [6, 6.07) is 4.99. The molecule has 2 unspecified atom stereocenters. The molecule has 2 rings (SSSR count). The lowest BCUT2D eigenvalue weighted by atomic mass is 9.82. The van der Waals surface area contributed by atoms with Gasteiger partial charge in [-0.1, -0.05) is 25.4 Å². The standard InChI is InChI=1S/C17H15Cl3N2O4/c1-8(2)11-12(18)15(23)17(3,20)14(19)13(11)21-16(24)9-4-6-10(7-5-9)22(25)26/h4-8,14H,1-3H3. The summed E-state index contributed by atoms with van der Waals surface area (Å²) in [7, 11) is 0. The number of aliphatic imine (C=N–C) groups is 1. The summed E-state index contributed by atoms with van der Waals surface area (Å²) in [4.78, 5) is 37.5. The average molecular weight is 418 g/mol. The summed E-state index contributed by atoms with van der Waals surface area (Å²) in [5.41, 5.74) is 0.489. The Morgan fingerprint density at radius 3 is 2.31 bits per heavy atom. The van der Waals surface area contributed by atoms with Gasteiger partial charge in [-0.3, -0.25) is 19.7 Å². The quantitative estimate of drug-likeness (QED) is 0.411. The van der Waals surface area contributed by atoms with Crippen molar-refractivity contribution in [1.29, 1.82) is 0 Å². The number of halogens is 3. The SMILES string of the molecule is CC(C)C1=C(Cl)C(=O)C(C)(Cl)C(Cl)C1=NC(=O)c1ccc([N+](=O)[O-])cc1. The molecule has 0 bridgehead atoms. The molecule has 1 aliphatic carbocycles. The van der Waals surface area contributed by atoms with E-state index in [1.807, 2.05) is 0 Å². The Kier molecular flexibility index (Phi) is 5.90. The van der Waals surface area contributed by atoms with E-state index in [1.54, 1.807) is 13.8 Å². The number of ketones is 1. The van der Waals surface area contributed by atoms with Gasteiger partial charge in [-0.15, -0.1) is 23.2 Å². The highest BCUT2D eigenvalue weighted by Crippen LogP contribution is 2.40. The van der Waals surface area contributed by atoms with Gasteiger partial charge in [0, 0.05) is 23.3 Å². The van der Waals surface area contributed by atoms with Gasteiger partial charge < -0.3 is 0 Å². The van der Waals surface area contributed by atoms with Crippen LogP contribution < -0.4 is 0 Å². The Bertz CT molecular complexity index is 842. The van der Waals surface area contributed by atoms with Crippen LogP contribution in [0.1, 0.15) is 31.1 Å². The fraction of sp³-hybridized carbons (Fsp3) is 0.353. The van der Waals surface area contributed by atoms with E-state index in [9.17, 15) is 19.7 Å². The second kappa shape index (κ2) is 7.47. The van der Waals surface area contributed by atoms with Crippen LogP contribution >= 0.6 is 34.8 Å². The summed E-state index contributed by atoms with van der Waals surface area (Å²) >= 11 is 18.8. The minimum atomic E-state index is -1.54. The molecule has 0 N–H and O–H groups in total. The summed E-state index contributed by atoms with van der Waals surface area (Å²) in [5, 5.41) is 9.56. The van der Waals surface area contributed by atoms with Crippen molar-refractivity contribution in [2.75, 3.05) is 0 Å². The normalized spacial score (nSPS) is 25.1. The van der Waals surface area contributed by atoms with E-state index in [0.717, 1.165) is 0 Å². The largest absolute Gasteiger partial charge is 0.291 e. The highest BCUT2D eigenvalue weighted by atomic mass is 35.5. The van der Waals surface area contributed by atoms with Gasteiger partial charge in [0.05, 0.1) is 15.7 Å². The second-order valence-corrected chi connectivity index (χ2v) is 7.86. The van der Waals surface area contributed by atoms with Crippen molar-refractivity contribution in [3.05, 3.63) is 50.5 Å². The van der Waals surface area contributed by atoms with E-state index in [2.05, 4.69) is 4.99 Å². The Hall–Kier alpha value is -1.76. The Labute approximate surface area is 165 Å². The molecule has 0 fully saturated rings. The number of nitro groups is 1. The molecule has 1 aromatic rings. The molecule has 0 heterocycles. The first kappa shape index (κ1) is 20.6. The van der Waals surface area contributed by atoms with E-state index >= 15 is 0 Å². The van der Waals surface area contributed by atoms with Crippen LogP contribution in [-0.2, 0) is 4.79 Å². The van der Waals surface area contributed by atoms with Gasteiger partial charge in [0.25, 0.3) is 11.6 Å². The maximum atomic E-state index is 12.5. The summed E-state index contributed by atoms with van der Waals surface area (Å²) < 4.78 is 0. The molecule has 6 nitrogen and oxygen atoms in total. The minimum absolute atomic E-state index is 0.0929. The van der Waals surface area contributed by atoms with Crippen molar-refractivity contribution in [2.24, 2.45) is 10.9 Å². The number of rotatable bonds is 3. The highest BCUT2D eigenvalue weighted by molar-refractivity contribution is 6.59. The van der Waals surface area contributed by atoms with Crippen LogP contribution in [0.5, 0.6) is 0 Å². The fourth-order valence-electron chi connectivity index (χ4n) is 2.52. The number of carbonyl (C=O) groups excluding carboxylic acids is 2. The van der Waals surface area contributed by atoms with Crippen LogP contribution in [0.15, 0.2) is 39.9 Å². The van der Waals surface area contributed by atoms with E-state index in [0.29, 0.717) is 5.57 Å². The molecule has 0 saturated carbocycles. The minimum Gasteiger partial charge on any atom is -0.291 e. The van der Waals surface area contributed by atoms with Gasteiger partial charge in [0.1, 0.15) is 10.3 Å². The number of nitro benzene ring substituents is 1. The molecule has 0 saturated heterocycles. The van der Waals surface area contributed by atoms with Gasteiger partial charge in [0.15, 0.2) is 5.78 Å². The zero-order valence-corrected chi connectivity index (χ0v) is 16.4. The van der Waals surface area contributed by atoms with Crippen molar-refractivity contribution in [1.82, 2.24) is 0 Å². The van der Waals surface area contributed by atoms with Crippen molar-refractivity contribution < 1.29 is 14.5 Å². The number of carbonyl (C=O) groups is 2.